The second-order valence-corrected chi connectivity index (χ2v) is 12.8. The number of carbonyl (C=O) groups excluding carboxylic acids is 2. The number of nitrogens with one attached hydrogen (secondary N) is 2. The molecule has 0 aromatic rings. The maximum absolute atomic E-state index is 12.3. The van der Waals surface area contributed by atoms with E-state index in [1.54, 1.807) is 0 Å². The van der Waals surface area contributed by atoms with E-state index >= 15 is 0 Å². The molecule has 9 heteroatoms. The molecule has 9 nitrogen and oxygen atoms in total. The van der Waals surface area contributed by atoms with Crippen LogP contribution in [0.5, 0.6) is 0 Å². The van der Waals surface area contributed by atoms with Gasteiger partial charge in [-0.05, 0) is 94.0 Å². The van der Waals surface area contributed by atoms with Crippen molar-refractivity contribution in [2.45, 2.75) is 110 Å². The van der Waals surface area contributed by atoms with E-state index in [1.807, 2.05) is 6.92 Å². The molecule has 4 aliphatic carbocycles. The highest BCUT2D eigenvalue weighted by Crippen LogP contribution is 2.67. The van der Waals surface area contributed by atoms with Crippen molar-refractivity contribution in [1.29, 1.82) is 0 Å². The van der Waals surface area contributed by atoms with E-state index in [0.717, 1.165) is 50.7 Å². The molecule has 0 unspecified atom stereocenters. The number of fused-ring (bicyclic) bond motifs is 5. The minimum Gasteiger partial charge on any atom is -0.480 e. The summed E-state index contributed by atoms with van der Waals surface area (Å²) in [5.74, 6) is 2.16. The van der Waals surface area contributed by atoms with Gasteiger partial charge in [-0.2, -0.15) is 0 Å². The molecule has 0 saturated heterocycles. The Hall–Kier alpha value is -2.86. The minimum atomic E-state index is -1.10. The molecule has 0 heterocycles. The highest BCUT2D eigenvalue weighted by Gasteiger charge is 2.63. The van der Waals surface area contributed by atoms with Crippen LogP contribution in [-0.4, -0.2) is 58.0 Å². The topological polar surface area (TPSA) is 137 Å². The number of oxime groups is 1. The van der Waals surface area contributed by atoms with E-state index in [4.69, 9.17) is 11.3 Å². The van der Waals surface area contributed by atoms with Gasteiger partial charge in [0.15, 0.2) is 6.61 Å². The molecule has 40 heavy (non-hydrogen) atoms. The molecule has 0 aliphatic heterocycles. The van der Waals surface area contributed by atoms with Gasteiger partial charge < -0.3 is 25.7 Å². The maximum atomic E-state index is 12.3. The molecule has 3 saturated carbocycles. The first kappa shape index (κ1) is 30.1. The Kier molecular flexibility index (Phi) is 8.70. The summed E-state index contributed by atoms with van der Waals surface area (Å²) in [6.07, 6.45) is 16.4. The zero-order valence-corrected chi connectivity index (χ0v) is 24.3. The molecular weight excluding hydrogens is 510 g/mol. The van der Waals surface area contributed by atoms with Crippen molar-refractivity contribution in [3.8, 4) is 12.3 Å². The third kappa shape index (κ3) is 5.39. The molecule has 0 spiro atoms. The van der Waals surface area contributed by atoms with Crippen LogP contribution < -0.4 is 10.6 Å². The lowest BCUT2D eigenvalue weighted by molar-refractivity contribution is -0.142. The summed E-state index contributed by atoms with van der Waals surface area (Å²) >= 11 is 0. The lowest BCUT2D eigenvalue weighted by atomic mass is 9.46. The Morgan fingerprint density at radius 2 is 1.88 bits per heavy atom. The van der Waals surface area contributed by atoms with Crippen molar-refractivity contribution >= 4 is 23.5 Å². The lowest BCUT2D eigenvalue weighted by Crippen LogP contribution is -2.54. The van der Waals surface area contributed by atoms with Crippen LogP contribution in [-0.2, 0) is 19.2 Å². The van der Waals surface area contributed by atoms with Crippen molar-refractivity contribution in [1.82, 2.24) is 10.6 Å². The molecule has 0 aromatic heterocycles. The summed E-state index contributed by atoms with van der Waals surface area (Å²) in [6, 6.07) is -1.88. The van der Waals surface area contributed by atoms with Gasteiger partial charge in [0.2, 0.25) is 5.91 Å². The van der Waals surface area contributed by atoms with Crippen LogP contribution in [0.1, 0.15) is 91.9 Å². The largest absolute Gasteiger partial charge is 0.480 e. The summed E-state index contributed by atoms with van der Waals surface area (Å²) < 4.78 is 0. The summed E-state index contributed by atoms with van der Waals surface area (Å²) in [5, 5.41) is 29.6. The second kappa shape index (κ2) is 11.6. The number of carboxylic acid groups (broad SMARTS) is 1. The van der Waals surface area contributed by atoms with Gasteiger partial charge >= 0.3 is 5.97 Å². The number of aliphatic carboxylic acids is 1. The number of hydrogen-bond acceptors (Lipinski definition) is 6. The van der Waals surface area contributed by atoms with Crippen LogP contribution in [0.25, 0.3) is 0 Å². The average Bonchev–Trinajstić information content (AvgIpc) is 3.19. The van der Waals surface area contributed by atoms with Crippen LogP contribution in [0.3, 0.4) is 0 Å². The number of allylic oxidation sites excluding steroid dienone is 2. The predicted octanol–water partition coefficient (Wildman–Crippen LogP) is 3.56. The molecular formula is C31H45N3O6. The van der Waals surface area contributed by atoms with Crippen LogP contribution in [0.15, 0.2) is 16.8 Å². The smallest absolute Gasteiger partial charge is 0.326 e. The van der Waals surface area contributed by atoms with Gasteiger partial charge in [0.05, 0.1) is 5.71 Å². The number of carbonyl (C=O) groups is 3. The fourth-order valence-electron chi connectivity index (χ4n) is 8.26. The van der Waals surface area contributed by atoms with E-state index in [0.29, 0.717) is 37.0 Å². The predicted molar refractivity (Wildman–Crippen MR) is 151 cm³/mol. The van der Waals surface area contributed by atoms with E-state index in [-0.39, 0.29) is 17.4 Å². The third-order valence-corrected chi connectivity index (χ3v) is 10.7. The zero-order valence-electron chi connectivity index (χ0n) is 24.3. The van der Waals surface area contributed by atoms with Gasteiger partial charge in [-0.1, -0.05) is 43.8 Å². The molecule has 4 rings (SSSR count). The van der Waals surface area contributed by atoms with Crippen LogP contribution in [0.2, 0.25) is 0 Å². The van der Waals surface area contributed by atoms with Crippen molar-refractivity contribution < 1.29 is 29.4 Å². The quantitative estimate of drug-likeness (QED) is 0.254. The third-order valence-electron chi connectivity index (χ3n) is 10.7. The molecule has 8 atom stereocenters. The van der Waals surface area contributed by atoms with Gasteiger partial charge in [0.25, 0.3) is 5.91 Å². The Bertz CT molecular complexity index is 1130. The van der Waals surface area contributed by atoms with Crippen LogP contribution in [0, 0.1) is 40.9 Å². The monoisotopic (exact) mass is 555 g/mol. The van der Waals surface area contributed by atoms with E-state index in [9.17, 15) is 24.6 Å². The highest BCUT2D eigenvalue weighted by molar-refractivity contribution is 5.96. The first-order chi connectivity index (χ1) is 18.9. The molecule has 3 fully saturated rings. The summed E-state index contributed by atoms with van der Waals surface area (Å²) in [6.45, 7) is 7.59. The molecule has 0 radical (unpaired) electrons. The van der Waals surface area contributed by atoms with Gasteiger partial charge in [0, 0.05) is 5.41 Å². The van der Waals surface area contributed by atoms with Crippen molar-refractivity contribution in [3.63, 3.8) is 0 Å². The van der Waals surface area contributed by atoms with Crippen LogP contribution in [0.4, 0.5) is 0 Å². The number of nitrogens with zero attached hydrogens (tertiary/aromatic N) is 1. The average molecular weight is 556 g/mol. The number of carboxylic acids is 1. The summed E-state index contributed by atoms with van der Waals surface area (Å²) in [4.78, 5) is 41.2. The van der Waals surface area contributed by atoms with Gasteiger partial charge in [-0.3, -0.25) is 9.59 Å². The van der Waals surface area contributed by atoms with E-state index in [2.05, 4.69) is 41.6 Å². The SMILES string of the molecule is C#C[C@@]1(O)CC[C@@H]2[C@@H]3CCC4=C/C(=N/OCC(=O)N[C@H](C)C(=O)N[C@H](CCC)C(=O)O)CC[C@]4(C)[C@H]3CC[C@@]21C. The Labute approximate surface area is 237 Å². The van der Waals surface area contributed by atoms with E-state index < -0.39 is 35.5 Å². The van der Waals surface area contributed by atoms with Crippen molar-refractivity contribution in [2.24, 2.45) is 33.7 Å². The molecule has 0 bridgehead atoms. The first-order valence-corrected chi connectivity index (χ1v) is 14.8. The standard InChI is InChI=1S/C31H45N3O6/c1-6-8-25(28(37)38)33-27(36)19(3)32-26(35)18-40-34-21-11-14-29(4)20(17-21)9-10-22-23(29)12-15-30(5)24(22)13-16-31(30,39)7-2/h2,17,19,22-25,39H,6,8-16,18H2,1,3-5H3,(H,32,35)(H,33,36)(H,37,38)/b34-21+/t19-,22-,23+,24-,25-,29+,30+,31-/m1/s1. The molecule has 220 valence electrons. The Morgan fingerprint density at radius 3 is 2.55 bits per heavy atom. The number of aliphatic hydroxyl groups is 1. The minimum absolute atomic E-state index is 0.0892. The van der Waals surface area contributed by atoms with Crippen molar-refractivity contribution in [3.05, 3.63) is 11.6 Å². The summed E-state index contributed by atoms with van der Waals surface area (Å²) in [7, 11) is 0. The van der Waals surface area contributed by atoms with Gasteiger partial charge in [-0.15, -0.1) is 6.42 Å². The molecule has 4 aliphatic rings. The van der Waals surface area contributed by atoms with Gasteiger partial charge in [0.1, 0.15) is 17.7 Å². The summed E-state index contributed by atoms with van der Waals surface area (Å²) in [5.41, 5.74) is 1.10. The molecule has 2 amide bonds. The fraction of sp³-hybridized carbons (Fsp3) is 0.742. The second-order valence-electron chi connectivity index (χ2n) is 12.8. The number of terminal acetylenes is 1. The Balaban J connectivity index is 1.32. The van der Waals surface area contributed by atoms with Gasteiger partial charge in [-0.25, -0.2) is 4.79 Å². The number of amides is 2. The lowest BCUT2D eigenvalue weighted by Gasteiger charge is -2.58. The van der Waals surface area contributed by atoms with Crippen molar-refractivity contribution in [2.75, 3.05) is 6.61 Å². The fourth-order valence-corrected chi connectivity index (χ4v) is 8.26. The number of hydrogen-bond donors (Lipinski definition) is 4. The molecule has 4 N–H and O–H groups in total. The highest BCUT2D eigenvalue weighted by atomic mass is 16.6. The zero-order chi connectivity index (χ0) is 29.3. The van der Waals surface area contributed by atoms with Crippen LogP contribution >= 0.6 is 0 Å². The number of rotatable bonds is 9. The molecule has 0 aromatic carbocycles. The van der Waals surface area contributed by atoms with E-state index in [1.165, 1.54) is 12.5 Å². The maximum Gasteiger partial charge on any atom is 0.326 e. The normalized spacial score (nSPS) is 37.0. The Morgan fingerprint density at radius 1 is 1.15 bits per heavy atom. The first-order valence-electron chi connectivity index (χ1n) is 14.8.